The molecule has 0 unspecified atom stereocenters. The zero-order chi connectivity index (χ0) is 51.3. The lowest BCUT2D eigenvalue weighted by Crippen LogP contribution is -2.63. The van der Waals surface area contributed by atoms with Gasteiger partial charge in [0.2, 0.25) is 53.2 Å². The first-order valence-electron chi connectivity index (χ1n) is 21.8. The van der Waals surface area contributed by atoms with Gasteiger partial charge in [-0.1, -0.05) is 55.4 Å². The summed E-state index contributed by atoms with van der Waals surface area (Å²) in [6.07, 6.45) is -3.84. The largest absolute Gasteiger partial charge is 0.480 e. The highest BCUT2D eigenvalue weighted by atomic mass is 32.1. The summed E-state index contributed by atoms with van der Waals surface area (Å²) >= 11 is 3.98. The second kappa shape index (κ2) is 29.5. The highest BCUT2D eigenvalue weighted by Gasteiger charge is 2.38. The van der Waals surface area contributed by atoms with Crippen LogP contribution in [0.4, 0.5) is 0 Å². The number of aliphatic hydroxyl groups excluding tert-OH is 3. The Labute approximate surface area is 390 Å². The Bertz CT molecular complexity index is 1680. The summed E-state index contributed by atoms with van der Waals surface area (Å²) in [6.45, 7) is 14.4. The van der Waals surface area contributed by atoms with Crippen molar-refractivity contribution in [2.24, 2.45) is 35.1 Å². The van der Waals surface area contributed by atoms with Gasteiger partial charge in [-0.15, -0.1) is 0 Å². The van der Waals surface area contributed by atoms with Gasteiger partial charge in [-0.25, -0.2) is 4.79 Å². The van der Waals surface area contributed by atoms with Crippen LogP contribution >= 0.6 is 12.6 Å². The van der Waals surface area contributed by atoms with Crippen LogP contribution in [-0.4, -0.2) is 159 Å². The molecule has 0 fully saturated rings. The monoisotopic (exact) mass is 963 g/mol. The fourth-order valence-corrected chi connectivity index (χ4v) is 6.34. The molecule has 0 aliphatic heterocycles. The van der Waals surface area contributed by atoms with Crippen LogP contribution in [0, 0.1) is 23.7 Å². The number of carbonyl (C=O) groups excluding carboxylic acids is 9. The van der Waals surface area contributed by atoms with Gasteiger partial charge >= 0.3 is 5.97 Å². The summed E-state index contributed by atoms with van der Waals surface area (Å²) in [5.74, 6) is -11.5. The lowest BCUT2D eigenvalue weighted by molar-refractivity contribution is -0.143. The van der Waals surface area contributed by atoms with E-state index in [0.717, 1.165) is 13.8 Å². The third kappa shape index (κ3) is 21.5. The molecule has 11 atom stereocenters. The van der Waals surface area contributed by atoms with Crippen LogP contribution < -0.4 is 54.0 Å². The molecule has 0 saturated heterocycles. The Morgan fingerprint density at radius 3 is 1.18 bits per heavy atom. The Balaban J connectivity index is 6.31. The minimum Gasteiger partial charge on any atom is -0.480 e. The number of rotatable bonds is 30. The molecule has 0 saturated carbocycles. The molecule has 0 rings (SSSR count). The average molecular weight is 963 g/mol. The minimum absolute atomic E-state index is 0.0288. The predicted molar refractivity (Wildman–Crippen MR) is 242 cm³/mol. The van der Waals surface area contributed by atoms with Gasteiger partial charge in [0.1, 0.15) is 48.3 Å². The molecule has 25 heteroatoms. The number of hydrogen-bond donors (Lipinski definition) is 15. The maximum atomic E-state index is 13.8. The number of aliphatic hydroxyl groups is 3. The average Bonchev–Trinajstić information content (AvgIpc) is 3.20. The Kier molecular flexibility index (Phi) is 27.2. The molecule has 66 heavy (non-hydrogen) atoms. The standard InChI is InChI=1S/C41H74N10O14S/c1-17(2)13-25(45-33(56)23(42)16-66)36(59)50-31(21(9)53)39(62)47-27(15-52)37(60)51-32(22(10)54)40(63)48-29(19(5)6)38(61)44-24(11-12-28(43)55)34(57)46-26(14-18(3)4)35(58)49-30(20(7)8)41(64)65/h17-27,29-32,52-54,66H,11-16,42H2,1-10H3,(H2,43,55)(H,44,61)(H,45,56)(H,46,57)(H,47,62)(H,48,63)(H,49,58)(H,50,59)(H,51,60)(H,64,65)/t21-,22-,23+,24+,25+,26+,27+,29+,30+,31+,32+/m1/s1. The second-order valence-electron chi connectivity index (χ2n) is 17.7. The quantitative estimate of drug-likeness (QED) is 0.0303. The van der Waals surface area contributed by atoms with Crippen molar-refractivity contribution in [3.05, 3.63) is 0 Å². The van der Waals surface area contributed by atoms with Crippen molar-refractivity contribution in [2.75, 3.05) is 12.4 Å². The van der Waals surface area contributed by atoms with E-state index in [2.05, 4.69) is 55.2 Å². The molecule has 0 aliphatic carbocycles. The van der Waals surface area contributed by atoms with Crippen molar-refractivity contribution in [1.29, 1.82) is 0 Å². The van der Waals surface area contributed by atoms with E-state index in [9.17, 15) is 68.4 Å². The van der Waals surface area contributed by atoms with Crippen molar-refractivity contribution in [3.63, 3.8) is 0 Å². The summed E-state index contributed by atoms with van der Waals surface area (Å²) in [7, 11) is 0. The smallest absolute Gasteiger partial charge is 0.326 e. The Morgan fingerprint density at radius 1 is 0.485 bits per heavy atom. The van der Waals surface area contributed by atoms with Gasteiger partial charge < -0.3 is 74.4 Å². The Hall–Kier alpha value is -5.11. The molecule has 0 aromatic rings. The second-order valence-corrected chi connectivity index (χ2v) is 18.1. The van der Waals surface area contributed by atoms with Crippen LogP contribution in [0.1, 0.15) is 94.9 Å². The molecule has 378 valence electrons. The molecular formula is C41H74N10O14S. The normalized spacial score (nSPS) is 16.5. The number of carboxylic acid groups (broad SMARTS) is 1. The van der Waals surface area contributed by atoms with E-state index in [0.29, 0.717) is 0 Å². The van der Waals surface area contributed by atoms with E-state index >= 15 is 0 Å². The van der Waals surface area contributed by atoms with Gasteiger partial charge in [0.15, 0.2) is 0 Å². The lowest BCUT2D eigenvalue weighted by atomic mass is 9.99. The number of hydrogen-bond acceptors (Lipinski definition) is 15. The number of primary amides is 1. The molecule has 0 spiro atoms. The summed E-state index contributed by atoms with van der Waals surface area (Å²) < 4.78 is 0. The lowest BCUT2D eigenvalue weighted by Gasteiger charge is -2.30. The molecule has 0 aliphatic rings. The van der Waals surface area contributed by atoms with Crippen molar-refractivity contribution >= 4 is 71.8 Å². The van der Waals surface area contributed by atoms with Crippen LogP contribution in [0.15, 0.2) is 0 Å². The fourth-order valence-electron chi connectivity index (χ4n) is 6.18. The van der Waals surface area contributed by atoms with Crippen molar-refractivity contribution < 1.29 is 68.4 Å². The van der Waals surface area contributed by atoms with E-state index in [-0.39, 0.29) is 36.9 Å². The Morgan fingerprint density at radius 2 is 0.818 bits per heavy atom. The summed E-state index contributed by atoms with van der Waals surface area (Å²) in [6, 6.07) is -13.2. The molecule has 0 bridgehead atoms. The topological polar surface area (TPSA) is 400 Å². The molecule has 0 radical (unpaired) electrons. The number of amides is 9. The maximum absolute atomic E-state index is 13.8. The SMILES string of the molecule is CC(C)C[C@H](NC(=O)[C@H](CCC(N)=O)NC(=O)[C@@H](NC(=O)[C@@H](NC(=O)[C@H](CO)NC(=O)[C@@H](NC(=O)[C@H](CC(C)C)NC(=O)[C@@H](N)CS)[C@@H](C)O)[C@@H](C)O)C(C)C)C(=O)N[C@H](C(=O)O)C(C)C. The number of carbonyl (C=O) groups is 10. The number of nitrogens with one attached hydrogen (secondary N) is 8. The van der Waals surface area contributed by atoms with E-state index in [1.54, 1.807) is 41.5 Å². The number of carboxylic acids is 1. The van der Waals surface area contributed by atoms with Crippen LogP contribution in [0.5, 0.6) is 0 Å². The first-order chi connectivity index (χ1) is 30.5. The van der Waals surface area contributed by atoms with Gasteiger partial charge in [0, 0.05) is 12.2 Å². The van der Waals surface area contributed by atoms with Gasteiger partial charge in [0.25, 0.3) is 0 Å². The highest BCUT2D eigenvalue weighted by Crippen LogP contribution is 2.12. The van der Waals surface area contributed by atoms with Gasteiger partial charge in [-0.3, -0.25) is 43.2 Å². The molecule has 0 heterocycles. The summed E-state index contributed by atoms with van der Waals surface area (Å²) in [5.41, 5.74) is 11.0. The first kappa shape index (κ1) is 60.9. The molecule has 0 aromatic heterocycles. The third-order valence-electron chi connectivity index (χ3n) is 9.94. The maximum Gasteiger partial charge on any atom is 0.326 e. The fraction of sp³-hybridized carbons (Fsp3) is 0.756. The zero-order valence-corrected chi connectivity index (χ0v) is 40.3. The van der Waals surface area contributed by atoms with Gasteiger partial charge in [-0.2, -0.15) is 12.6 Å². The van der Waals surface area contributed by atoms with Crippen molar-refractivity contribution in [2.45, 2.75) is 162 Å². The molecule has 16 N–H and O–H groups in total. The number of nitrogens with two attached hydrogens (primary N) is 2. The van der Waals surface area contributed by atoms with E-state index < -0.39 is 151 Å². The predicted octanol–water partition coefficient (Wildman–Crippen LogP) is -4.37. The molecule has 0 aromatic carbocycles. The first-order valence-corrected chi connectivity index (χ1v) is 22.4. The van der Waals surface area contributed by atoms with Crippen molar-refractivity contribution in [3.8, 4) is 0 Å². The van der Waals surface area contributed by atoms with E-state index in [4.69, 9.17) is 11.5 Å². The van der Waals surface area contributed by atoms with E-state index in [1.165, 1.54) is 13.8 Å². The zero-order valence-electron chi connectivity index (χ0n) is 39.4. The summed E-state index contributed by atoms with van der Waals surface area (Å²) in [5, 5.41) is 59.6. The van der Waals surface area contributed by atoms with Crippen LogP contribution in [0.25, 0.3) is 0 Å². The van der Waals surface area contributed by atoms with Crippen molar-refractivity contribution in [1.82, 2.24) is 42.5 Å². The third-order valence-corrected chi connectivity index (χ3v) is 10.3. The minimum atomic E-state index is -1.83. The van der Waals surface area contributed by atoms with Crippen LogP contribution in [0.2, 0.25) is 0 Å². The summed E-state index contributed by atoms with van der Waals surface area (Å²) in [4.78, 5) is 130. The van der Waals surface area contributed by atoms with Gasteiger partial charge in [0.05, 0.1) is 24.9 Å². The van der Waals surface area contributed by atoms with Gasteiger partial charge in [-0.05, 0) is 56.8 Å². The molecule has 24 nitrogen and oxygen atoms in total. The number of thiol groups is 1. The van der Waals surface area contributed by atoms with Crippen LogP contribution in [-0.2, 0) is 47.9 Å². The highest BCUT2D eigenvalue weighted by molar-refractivity contribution is 7.80. The number of aliphatic carboxylic acids is 1. The molecular weight excluding hydrogens is 889 g/mol. The van der Waals surface area contributed by atoms with E-state index in [1.807, 2.05) is 0 Å². The molecule has 9 amide bonds. The van der Waals surface area contributed by atoms with Crippen LogP contribution in [0.3, 0.4) is 0 Å².